The number of fused-ring (bicyclic) bond motifs is 1. The summed E-state index contributed by atoms with van der Waals surface area (Å²) < 4.78 is 7.18. The van der Waals surface area contributed by atoms with Gasteiger partial charge in [0.1, 0.15) is 0 Å². The fourth-order valence-electron chi connectivity index (χ4n) is 3.55. The van der Waals surface area contributed by atoms with Gasteiger partial charge in [-0.15, -0.1) is 0 Å². The summed E-state index contributed by atoms with van der Waals surface area (Å²) in [7, 11) is 1.66. The van der Waals surface area contributed by atoms with Gasteiger partial charge < -0.3 is 19.7 Å². The van der Waals surface area contributed by atoms with E-state index in [1.165, 1.54) is 0 Å². The van der Waals surface area contributed by atoms with Crippen molar-refractivity contribution in [3.05, 3.63) is 36.0 Å². The minimum absolute atomic E-state index is 0.0455. The third-order valence-corrected chi connectivity index (χ3v) is 4.98. The van der Waals surface area contributed by atoms with Gasteiger partial charge in [0, 0.05) is 36.8 Å². The van der Waals surface area contributed by atoms with E-state index in [4.69, 9.17) is 9.84 Å². The van der Waals surface area contributed by atoms with Gasteiger partial charge in [0.2, 0.25) is 0 Å². The van der Waals surface area contributed by atoms with Crippen molar-refractivity contribution in [2.24, 2.45) is 5.92 Å². The molecule has 0 atom stereocenters. The van der Waals surface area contributed by atoms with E-state index >= 15 is 0 Å². The highest BCUT2D eigenvalue weighted by Crippen LogP contribution is 2.26. The lowest BCUT2D eigenvalue weighted by atomic mass is 9.86. The third-order valence-electron chi connectivity index (χ3n) is 4.98. The summed E-state index contributed by atoms with van der Waals surface area (Å²) in [6.07, 6.45) is 4.55. The van der Waals surface area contributed by atoms with Gasteiger partial charge in [0.25, 0.3) is 5.91 Å². The Morgan fingerprint density at radius 2 is 1.96 bits per heavy atom. The number of aliphatic carboxylic acids is 1. The van der Waals surface area contributed by atoms with Crippen molar-refractivity contribution in [3.63, 3.8) is 0 Å². The lowest BCUT2D eigenvalue weighted by Gasteiger charge is -2.26. The largest absolute Gasteiger partial charge is 0.481 e. The number of benzene rings is 1. The van der Waals surface area contributed by atoms with Gasteiger partial charge >= 0.3 is 5.97 Å². The van der Waals surface area contributed by atoms with Gasteiger partial charge in [-0.25, -0.2) is 0 Å². The highest BCUT2D eigenvalue weighted by molar-refractivity contribution is 6.07. The molecule has 2 N–H and O–H groups in total. The first kappa shape index (κ1) is 17.5. The zero-order valence-electron chi connectivity index (χ0n) is 14.4. The van der Waals surface area contributed by atoms with Crippen molar-refractivity contribution < 1.29 is 19.4 Å². The molecule has 0 radical (unpaired) electrons. The van der Waals surface area contributed by atoms with Gasteiger partial charge in [0.15, 0.2) is 0 Å². The van der Waals surface area contributed by atoms with Crippen molar-refractivity contribution in [2.75, 3.05) is 13.7 Å². The van der Waals surface area contributed by atoms with Crippen LogP contribution in [0.1, 0.15) is 36.0 Å². The Labute approximate surface area is 146 Å². The lowest BCUT2D eigenvalue weighted by molar-refractivity contribution is -0.142. The molecule has 1 fully saturated rings. The normalized spacial score (nSPS) is 20.5. The molecule has 25 heavy (non-hydrogen) atoms. The van der Waals surface area contributed by atoms with E-state index in [0.717, 1.165) is 10.9 Å². The van der Waals surface area contributed by atoms with E-state index < -0.39 is 5.97 Å². The summed E-state index contributed by atoms with van der Waals surface area (Å²) in [5, 5.41) is 13.1. The molecule has 0 unspecified atom stereocenters. The van der Waals surface area contributed by atoms with E-state index in [2.05, 4.69) is 5.32 Å². The minimum Gasteiger partial charge on any atom is -0.481 e. The number of hydrogen-bond donors (Lipinski definition) is 2. The maximum atomic E-state index is 12.8. The summed E-state index contributed by atoms with van der Waals surface area (Å²) in [5.74, 6) is -1.10. The van der Waals surface area contributed by atoms with Crippen LogP contribution in [0.25, 0.3) is 10.9 Å². The number of rotatable bonds is 6. The van der Waals surface area contributed by atoms with Crippen LogP contribution in [0.3, 0.4) is 0 Å². The molecule has 1 heterocycles. The number of amides is 1. The van der Waals surface area contributed by atoms with Gasteiger partial charge in [-0.3, -0.25) is 9.59 Å². The Hall–Kier alpha value is -2.34. The van der Waals surface area contributed by atoms with E-state index in [1.54, 1.807) is 7.11 Å². The summed E-state index contributed by atoms with van der Waals surface area (Å²) in [6, 6.07) is 7.89. The Balaban J connectivity index is 1.73. The maximum Gasteiger partial charge on any atom is 0.306 e. The van der Waals surface area contributed by atoms with Crippen LogP contribution in [0.4, 0.5) is 0 Å². The van der Waals surface area contributed by atoms with E-state index in [-0.39, 0.29) is 17.9 Å². The molecule has 1 amide bonds. The molecular formula is C19H24N2O4. The highest BCUT2D eigenvalue weighted by Gasteiger charge is 2.27. The molecular weight excluding hydrogens is 320 g/mol. The fourth-order valence-corrected chi connectivity index (χ4v) is 3.55. The molecule has 1 saturated carbocycles. The number of para-hydroxylation sites is 1. The lowest BCUT2D eigenvalue weighted by Crippen LogP contribution is -2.38. The zero-order chi connectivity index (χ0) is 17.8. The number of carboxylic acids is 1. The molecule has 1 aromatic carbocycles. The first-order chi connectivity index (χ1) is 12.1. The molecule has 0 aliphatic heterocycles. The fraction of sp³-hybridized carbons (Fsp3) is 0.474. The third kappa shape index (κ3) is 3.85. The number of carbonyl (C=O) groups excluding carboxylic acids is 1. The second kappa shape index (κ2) is 7.70. The predicted molar refractivity (Wildman–Crippen MR) is 94.7 cm³/mol. The molecule has 1 aromatic heterocycles. The van der Waals surface area contributed by atoms with Crippen LogP contribution in [0.15, 0.2) is 30.5 Å². The molecule has 1 aliphatic rings. The molecule has 0 spiro atoms. The van der Waals surface area contributed by atoms with Crippen LogP contribution in [0.5, 0.6) is 0 Å². The molecule has 0 saturated heterocycles. The van der Waals surface area contributed by atoms with Crippen LogP contribution in [0.2, 0.25) is 0 Å². The molecule has 0 bridgehead atoms. The van der Waals surface area contributed by atoms with Gasteiger partial charge in [-0.1, -0.05) is 18.2 Å². The molecule has 134 valence electrons. The Morgan fingerprint density at radius 1 is 1.24 bits per heavy atom. The van der Waals surface area contributed by atoms with Crippen molar-refractivity contribution in [2.45, 2.75) is 38.3 Å². The van der Waals surface area contributed by atoms with Crippen molar-refractivity contribution in [1.82, 2.24) is 9.88 Å². The SMILES string of the molecule is COCCn1cc(C(=O)NC2CCC(C(=O)O)CC2)c2ccccc21. The van der Waals surface area contributed by atoms with Crippen LogP contribution in [-0.4, -0.2) is 41.3 Å². The summed E-state index contributed by atoms with van der Waals surface area (Å²) in [4.78, 5) is 23.8. The standard InChI is InChI=1S/C19H24N2O4/c1-25-11-10-21-12-16(15-4-2-3-5-17(15)21)18(22)20-14-8-6-13(7-9-14)19(23)24/h2-5,12-14H,6-11H2,1H3,(H,20,22)(H,23,24). The second-order valence-corrected chi connectivity index (χ2v) is 6.61. The predicted octanol–water partition coefficient (Wildman–Crippen LogP) is 2.66. The highest BCUT2D eigenvalue weighted by atomic mass is 16.5. The van der Waals surface area contributed by atoms with Crippen molar-refractivity contribution in [3.8, 4) is 0 Å². The molecule has 6 nitrogen and oxygen atoms in total. The molecule has 3 rings (SSSR count). The van der Waals surface area contributed by atoms with Gasteiger partial charge in [-0.2, -0.15) is 0 Å². The number of ether oxygens (including phenoxy) is 1. The smallest absolute Gasteiger partial charge is 0.306 e. The van der Waals surface area contributed by atoms with Gasteiger partial charge in [-0.05, 0) is 31.7 Å². The average Bonchev–Trinajstić information content (AvgIpc) is 2.99. The van der Waals surface area contributed by atoms with Crippen LogP contribution >= 0.6 is 0 Å². The molecule has 1 aliphatic carbocycles. The first-order valence-electron chi connectivity index (χ1n) is 8.70. The minimum atomic E-state index is -0.731. The number of nitrogens with one attached hydrogen (secondary N) is 1. The average molecular weight is 344 g/mol. The zero-order valence-corrected chi connectivity index (χ0v) is 14.4. The Kier molecular flexibility index (Phi) is 5.38. The Bertz CT molecular complexity index is 760. The number of methoxy groups -OCH3 is 1. The monoisotopic (exact) mass is 344 g/mol. The van der Waals surface area contributed by atoms with E-state index in [0.29, 0.717) is 44.4 Å². The van der Waals surface area contributed by atoms with Crippen molar-refractivity contribution in [1.29, 1.82) is 0 Å². The van der Waals surface area contributed by atoms with Crippen LogP contribution < -0.4 is 5.32 Å². The van der Waals surface area contributed by atoms with Crippen LogP contribution in [0, 0.1) is 5.92 Å². The Morgan fingerprint density at radius 3 is 2.64 bits per heavy atom. The summed E-state index contributed by atoms with van der Waals surface area (Å²) >= 11 is 0. The summed E-state index contributed by atoms with van der Waals surface area (Å²) in [6.45, 7) is 1.27. The topological polar surface area (TPSA) is 80.6 Å². The number of carboxylic acid groups (broad SMARTS) is 1. The van der Waals surface area contributed by atoms with Crippen molar-refractivity contribution >= 4 is 22.8 Å². The quantitative estimate of drug-likeness (QED) is 0.844. The molecule has 2 aromatic rings. The first-order valence-corrected chi connectivity index (χ1v) is 8.70. The van der Waals surface area contributed by atoms with Crippen LogP contribution in [-0.2, 0) is 16.1 Å². The second-order valence-electron chi connectivity index (χ2n) is 6.61. The van der Waals surface area contributed by atoms with E-state index in [9.17, 15) is 9.59 Å². The summed E-state index contributed by atoms with van der Waals surface area (Å²) in [5.41, 5.74) is 1.67. The number of carbonyl (C=O) groups is 2. The van der Waals surface area contributed by atoms with Gasteiger partial charge in [0.05, 0.1) is 18.1 Å². The number of aromatic nitrogens is 1. The number of nitrogens with zero attached hydrogens (tertiary/aromatic N) is 1. The number of hydrogen-bond acceptors (Lipinski definition) is 3. The van der Waals surface area contributed by atoms with E-state index in [1.807, 2.05) is 35.0 Å². The maximum absolute atomic E-state index is 12.8. The molecule has 6 heteroatoms.